The molecule has 2 aromatic carbocycles. The summed E-state index contributed by atoms with van der Waals surface area (Å²) >= 11 is 0. The molecule has 15 heavy (non-hydrogen) atoms. The number of rotatable bonds is 3. The standard InChI is InChI=1S/C14H16N/c1-2-5-14(15)13-9-8-11-6-3-4-7-12(11)10-13/h3-4,6-10,14-15H,2,5H2,1H3. The molecule has 1 unspecified atom stereocenters. The second-order valence-corrected chi connectivity index (χ2v) is 3.95. The Hall–Kier alpha value is -1.34. The molecule has 1 nitrogen and oxygen atoms in total. The minimum Gasteiger partial charge on any atom is -0.250 e. The van der Waals surface area contributed by atoms with Gasteiger partial charge in [0.15, 0.2) is 0 Å². The molecule has 2 rings (SSSR count). The van der Waals surface area contributed by atoms with Crippen LogP contribution in [0.4, 0.5) is 0 Å². The maximum Gasteiger partial charge on any atom is 0.0462 e. The van der Waals surface area contributed by atoms with Crippen LogP contribution in [0.1, 0.15) is 31.4 Å². The fraction of sp³-hybridized carbons (Fsp3) is 0.286. The van der Waals surface area contributed by atoms with Crippen LogP contribution in [0.3, 0.4) is 0 Å². The van der Waals surface area contributed by atoms with E-state index in [-0.39, 0.29) is 6.04 Å². The number of fused-ring (bicyclic) bond motifs is 1. The first kappa shape index (κ1) is 10.2. The van der Waals surface area contributed by atoms with E-state index in [1.54, 1.807) is 0 Å². The summed E-state index contributed by atoms with van der Waals surface area (Å²) in [5, 5.41) is 2.49. The average Bonchev–Trinajstić information content (AvgIpc) is 2.29. The first-order chi connectivity index (χ1) is 7.31. The first-order valence-electron chi connectivity index (χ1n) is 5.51. The predicted molar refractivity (Wildman–Crippen MR) is 64.7 cm³/mol. The van der Waals surface area contributed by atoms with Crippen molar-refractivity contribution < 1.29 is 0 Å². The van der Waals surface area contributed by atoms with Gasteiger partial charge in [-0.2, -0.15) is 0 Å². The van der Waals surface area contributed by atoms with Crippen LogP contribution in [0.25, 0.3) is 10.8 Å². The van der Waals surface area contributed by atoms with Crippen LogP contribution in [0.15, 0.2) is 42.5 Å². The van der Waals surface area contributed by atoms with Crippen molar-refractivity contribution in [2.24, 2.45) is 0 Å². The third-order valence-electron chi connectivity index (χ3n) is 2.75. The first-order valence-corrected chi connectivity index (χ1v) is 5.51. The lowest BCUT2D eigenvalue weighted by Crippen LogP contribution is -1.98. The van der Waals surface area contributed by atoms with Gasteiger partial charge in [-0.15, -0.1) is 0 Å². The zero-order valence-electron chi connectivity index (χ0n) is 9.03. The van der Waals surface area contributed by atoms with Crippen molar-refractivity contribution in [3.05, 3.63) is 48.0 Å². The van der Waals surface area contributed by atoms with Gasteiger partial charge in [0, 0.05) is 6.04 Å². The van der Waals surface area contributed by atoms with Crippen molar-refractivity contribution in [2.75, 3.05) is 0 Å². The largest absolute Gasteiger partial charge is 0.250 e. The lowest BCUT2D eigenvalue weighted by molar-refractivity contribution is 0.622. The van der Waals surface area contributed by atoms with E-state index in [1.165, 1.54) is 10.8 Å². The molecule has 0 aliphatic heterocycles. The van der Waals surface area contributed by atoms with Crippen molar-refractivity contribution >= 4 is 10.8 Å². The Kier molecular flexibility index (Phi) is 3.02. The van der Waals surface area contributed by atoms with Crippen LogP contribution >= 0.6 is 0 Å². The molecular weight excluding hydrogens is 182 g/mol. The summed E-state index contributed by atoms with van der Waals surface area (Å²) in [4.78, 5) is 0. The summed E-state index contributed by atoms with van der Waals surface area (Å²) in [5.74, 6) is 0. The Balaban J connectivity index is 2.38. The van der Waals surface area contributed by atoms with Crippen LogP contribution < -0.4 is 5.73 Å². The number of hydrogen-bond acceptors (Lipinski definition) is 0. The van der Waals surface area contributed by atoms with Gasteiger partial charge in [0.2, 0.25) is 0 Å². The van der Waals surface area contributed by atoms with Crippen molar-refractivity contribution in [3.8, 4) is 0 Å². The van der Waals surface area contributed by atoms with Gasteiger partial charge in [-0.1, -0.05) is 49.7 Å². The fourth-order valence-electron chi connectivity index (χ4n) is 1.88. The van der Waals surface area contributed by atoms with Gasteiger partial charge < -0.3 is 0 Å². The zero-order chi connectivity index (χ0) is 10.7. The van der Waals surface area contributed by atoms with E-state index in [1.807, 2.05) is 12.1 Å². The molecular formula is C14H16N. The lowest BCUT2D eigenvalue weighted by Gasteiger charge is -2.10. The zero-order valence-corrected chi connectivity index (χ0v) is 9.03. The Morgan fingerprint density at radius 1 is 1.07 bits per heavy atom. The topological polar surface area (TPSA) is 23.8 Å². The van der Waals surface area contributed by atoms with Gasteiger partial charge in [0.1, 0.15) is 0 Å². The van der Waals surface area contributed by atoms with Gasteiger partial charge in [-0.3, -0.25) is 0 Å². The van der Waals surface area contributed by atoms with Crippen molar-refractivity contribution in [1.29, 1.82) is 0 Å². The van der Waals surface area contributed by atoms with E-state index >= 15 is 0 Å². The summed E-state index contributed by atoms with van der Waals surface area (Å²) in [7, 11) is 0. The molecule has 0 heterocycles. The molecule has 0 aromatic heterocycles. The maximum atomic E-state index is 7.99. The second kappa shape index (κ2) is 4.45. The Labute approximate surface area is 90.9 Å². The molecule has 1 atom stereocenters. The summed E-state index contributed by atoms with van der Waals surface area (Å²) in [6.45, 7) is 2.13. The van der Waals surface area contributed by atoms with Crippen LogP contribution in [0, 0.1) is 0 Å². The summed E-state index contributed by atoms with van der Waals surface area (Å²) in [6, 6.07) is 14.6. The molecule has 0 amide bonds. The predicted octanol–water partition coefficient (Wildman–Crippen LogP) is 3.96. The van der Waals surface area contributed by atoms with Gasteiger partial charge in [-0.25, -0.2) is 5.73 Å². The highest BCUT2D eigenvalue weighted by molar-refractivity contribution is 5.83. The Morgan fingerprint density at radius 2 is 1.80 bits per heavy atom. The van der Waals surface area contributed by atoms with Gasteiger partial charge >= 0.3 is 0 Å². The summed E-state index contributed by atoms with van der Waals surface area (Å²) in [6.07, 6.45) is 2.01. The van der Waals surface area contributed by atoms with E-state index in [0.29, 0.717) is 0 Å². The summed E-state index contributed by atoms with van der Waals surface area (Å²) in [5.41, 5.74) is 9.12. The monoisotopic (exact) mass is 198 g/mol. The Morgan fingerprint density at radius 3 is 2.53 bits per heavy atom. The van der Waals surface area contributed by atoms with E-state index < -0.39 is 0 Å². The third-order valence-corrected chi connectivity index (χ3v) is 2.75. The van der Waals surface area contributed by atoms with Crippen LogP contribution in [-0.4, -0.2) is 0 Å². The summed E-state index contributed by atoms with van der Waals surface area (Å²) < 4.78 is 0. The molecule has 1 heteroatoms. The molecule has 0 aliphatic carbocycles. The molecule has 0 aliphatic rings. The maximum absolute atomic E-state index is 7.99. The van der Waals surface area contributed by atoms with E-state index in [4.69, 9.17) is 5.73 Å². The van der Waals surface area contributed by atoms with Crippen LogP contribution in [0.2, 0.25) is 0 Å². The van der Waals surface area contributed by atoms with Gasteiger partial charge in [0.25, 0.3) is 0 Å². The van der Waals surface area contributed by atoms with Gasteiger partial charge in [-0.05, 0) is 28.8 Å². The second-order valence-electron chi connectivity index (χ2n) is 3.95. The normalized spacial score (nSPS) is 12.9. The van der Waals surface area contributed by atoms with Crippen LogP contribution in [0.5, 0.6) is 0 Å². The van der Waals surface area contributed by atoms with Gasteiger partial charge in [0.05, 0.1) is 0 Å². The molecule has 1 N–H and O–H groups in total. The molecule has 0 saturated carbocycles. The highest BCUT2D eigenvalue weighted by Crippen LogP contribution is 2.22. The van der Waals surface area contributed by atoms with Crippen LogP contribution in [-0.2, 0) is 0 Å². The lowest BCUT2D eigenvalue weighted by atomic mass is 10.00. The minimum atomic E-state index is -0.0698. The smallest absolute Gasteiger partial charge is 0.0462 e. The molecule has 0 spiro atoms. The molecule has 2 aromatic rings. The van der Waals surface area contributed by atoms with E-state index in [0.717, 1.165) is 18.4 Å². The highest BCUT2D eigenvalue weighted by atomic mass is 14.6. The van der Waals surface area contributed by atoms with E-state index in [9.17, 15) is 0 Å². The third kappa shape index (κ3) is 2.18. The molecule has 77 valence electrons. The number of hydrogen-bond donors (Lipinski definition) is 0. The quantitative estimate of drug-likeness (QED) is 0.712. The van der Waals surface area contributed by atoms with Crippen molar-refractivity contribution in [3.63, 3.8) is 0 Å². The number of benzene rings is 2. The molecule has 0 bridgehead atoms. The average molecular weight is 198 g/mol. The van der Waals surface area contributed by atoms with E-state index in [2.05, 4.69) is 37.3 Å². The SMILES string of the molecule is CCCC([NH])c1ccc2ccccc2c1. The molecule has 0 fully saturated rings. The minimum absolute atomic E-state index is 0.0698. The molecule has 1 radical (unpaired) electrons. The number of nitrogens with one attached hydrogen (secondary N) is 1. The highest BCUT2D eigenvalue weighted by Gasteiger charge is 2.05. The van der Waals surface area contributed by atoms with Crippen molar-refractivity contribution in [1.82, 2.24) is 5.73 Å². The Bertz CT molecular complexity index is 448. The fourth-order valence-corrected chi connectivity index (χ4v) is 1.88. The van der Waals surface area contributed by atoms with Crippen molar-refractivity contribution in [2.45, 2.75) is 25.8 Å². The molecule has 0 saturated heterocycles.